The number of amides is 2. The van der Waals surface area contributed by atoms with Gasteiger partial charge in [0.15, 0.2) is 0 Å². The van der Waals surface area contributed by atoms with E-state index in [1.165, 1.54) is 11.3 Å². The van der Waals surface area contributed by atoms with Crippen LogP contribution in [-0.2, 0) is 16.1 Å². The highest BCUT2D eigenvalue weighted by Crippen LogP contribution is 2.30. The van der Waals surface area contributed by atoms with Crippen molar-refractivity contribution in [2.75, 3.05) is 18.5 Å². The number of anilines is 1. The first-order chi connectivity index (χ1) is 13.6. The van der Waals surface area contributed by atoms with Gasteiger partial charge in [-0.2, -0.15) is 0 Å². The molecule has 1 atom stereocenters. The second-order valence-corrected chi connectivity index (χ2v) is 7.15. The second-order valence-electron chi connectivity index (χ2n) is 6.07. The molecule has 0 aliphatic heterocycles. The van der Waals surface area contributed by atoms with Gasteiger partial charge in [-0.3, -0.25) is 9.78 Å². The first-order valence-corrected chi connectivity index (χ1v) is 9.67. The maximum absolute atomic E-state index is 13.0. The summed E-state index contributed by atoms with van der Waals surface area (Å²) in [4.78, 5) is 28.7. The SMILES string of the molecule is CCOC(=O)NCC(C(=O)Nc1cc2ccncc2s1)c1ccc(CO)cc1. The molecular weight excluding hydrogens is 378 g/mol. The zero-order valence-electron chi connectivity index (χ0n) is 15.3. The normalized spacial score (nSPS) is 11.8. The van der Waals surface area contributed by atoms with E-state index in [1.807, 2.05) is 12.1 Å². The number of nitrogens with zero attached hydrogens (tertiary/aromatic N) is 1. The molecule has 3 aromatic rings. The van der Waals surface area contributed by atoms with Crippen LogP contribution in [0.15, 0.2) is 48.8 Å². The van der Waals surface area contributed by atoms with Crippen molar-refractivity contribution in [3.8, 4) is 0 Å². The predicted molar refractivity (Wildman–Crippen MR) is 108 cm³/mol. The summed E-state index contributed by atoms with van der Waals surface area (Å²) in [7, 11) is 0. The van der Waals surface area contributed by atoms with E-state index in [9.17, 15) is 14.7 Å². The summed E-state index contributed by atoms with van der Waals surface area (Å²) >= 11 is 1.44. The molecule has 1 aromatic carbocycles. The van der Waals surface area contributed by atoms with Gasteiger partial charge in [0, 0.05) is 18.9 Å². The van der Waals surface area contributed by atoms with Crippen LogP contribution in [-0.4, -0.2) is 35.2 Å². The summed E-state index contributed by atoms with van der Waals surface area (Å²) in [5.74, 6) is -0.853. The smallest absolute Gasteiger partial charge is 0.407 e. The van der Waals surface area contributed by atoms with Crippen molar-refractivity contribution in [1.29, 1.82) is 0 Å². The van der Waals surface area contributed by atoms with Gasteiger partial charge >= 0.3 is 6.09 Å². The van der Waals surface area contributed by atoms with E-state index in [2.05, 4.69) is 15.6 Å². The van der Waals surface area contributed by atoms with Crippen LogP contribution in [0.3, 0.4) is 0 Å². The number of hydrogen-bond acceptors (Lipinski definition) is 6. The van der Waals surface area contributed by atoms with Gasteiger partial charge in [-0.25, -0.2) is 4.79 Å². The Balaban J connectivity index is 1.79. The standard InChI is InChI=1S/C20H21N3O4S/c1-2-27-20(26)22-10-16(14-5-3-13(12-24)4-6-14)19(25)23-18-9-15-7-8-21-11-17(15)28-18/h3-9,11,16,24H,2,10,12H2,1H3,(H,22,26)(H,23,25). The fraction of sp³-hybridized carbons (Fsp3) is 0.250. The van der Waals surface area contributed by atoms with Gasteiger partial charge < -0.3 is 20.5 Å². The third kappa shape index (κ3) is 4.85. The molecule has 146 valence electrons. The molecule has 2 amide bonds. The van der Waals surface area contributed by atoms with Crippen molar-refractivity contribution in [2.45, 2.75) is 19.4 Å². The molecule has 1 unspecified atom stereocenters. The Morgan fingerprint density at radius 1 is 1.25 bits per heavy atom. The van der Waals surface area contributed by atoms with Gasteiger partial charge in [-0.15, -0.1) is 11.3 Å². The molecule has 3 N–H and O–H groups in total. The first-order valence-electron chi connectivity index (χ1n) is 8.85. The average Bonchev–Trinajstić information content (AvgIpc) is 3.11. The molecule has 0 radical (unpaired) electrons. The number of fused-ring (bicyclic) bond motifs is 1. The number of nitrogens with one attached hydrogen (secondary N) is 2. The number of aromatic nitrogens is 1. The molecule has 0 saturated carbocycles. The lowest BCUT2D eigenvalue weighted by Crippen LogP contribution is -2.34. The zero-order valence-corrected chi connectivity index (χ0v) is 16.2. The minimum absolute atomic E-state index is 0.0754. The Hall–Kier alpha value is -2.97. The monoisotopic (exact) mass is 399 g/mol. The Bertz CT molecular complexity index is 922. The van der Waals surface area contributed by atoms with Crippen LogP contribution < -0.4 is 10.6 Å². The summed E-state index contributed by atoms with van der Waals surface area (Å²) in [6.07, 6.45) is 2.89. The van der Waals surface area contributed by atoms with Crippen LogP contribution in [0.4, 0.5) is 9.80 Å². The van der Waals surface area contributed by atoms with E-state index >= 15 is 0 Å². The second kappa shape index (κ2) is 9.29. The number of thiophene rings is 1. The van der Waals surface area contributed by atoms with Crippen LogP contribution >= 0.6 is 11.3 Å². The molecule has 3 rings (SSSR count). The summed E-state index contributed by atoms with van der Waals surface area (Å²) in [6, 6.07) is 10.8. The van der Waals surface area contributed by atoms with Crippen LogP contribution in [0.5, 0.6) is 0 Å². The highest BCUT2D eigenvalue weighted by Gasteiger charge is 2.22. The maximum atomic E-state index is 13.0. The topological polar surface area (TPSA) is 101 Å². The van der Waals surface area contributed by atoms with E-state index in [1.54, 1.807) is 43.6 Å². The van der Waals surface area contributed by atoms with Crippen molar-refractivity contribution in [1.82, 2.24) is 10.3 Å². The summed E-state index contributed by atoms with van der Waals surface area (Å²) < 4.78 is 5.86. The van der Waals surface area contributed by atoms with E-state index in [4.69, 9.17) is 4.74 Å². The number of alkyl carbamates (subject to hydrolysis) is 1. The van der Waals surface area contributed by atoms with Crippen LogP contribution in [0.2, 0.25) is 0 Å². The summed E-state index contributed by atoms with van der Waals surface area (Å²) in [5, 5.41) is 16.5. The highest BCUT2D eigenvalue weighted by molar-refractivity contribution is 7.22. The number of benzene rings is 1. The number of ether oxygens (including phenoxy) is 1. The van der Waals surface area contributed by atoms with Gasteiger partial charge in [-0.05, 0) is 35.6 Å². The Kier molecular flexibility index (Phi) is 6.57. The van der Waals surface area contributed by atoms with E-state index < -0.39 is 12.0 Å². The molecule has 2 heterocycles. The van der Waals surface area contributed by atoms with Crippen LogP contribution in [0.1, 0.15) is 24.0 Å². The van der Waals surface area contributed by atoms with Gasteiger partial charge in [0.1, 0.15) is 0 Å². The van der Waals surface area contributed by atoms with Gasteiger partial charge in [-0.1, -0.05) is 24.3 Å². The average molecular weight is 399 g/mol. The number of pyridine rings is 1. The van der Waals surface area contributed by atoms with Gasteiger partial charge in [0.05, 0.1) is 28.8 Å². The molecule has 0 spiro atoms. The Morgan fingerprint density at radius 3 is 2.71 bits per heavy atom. The number of aliphatic hydroxyl groups is 1. The molecule has 0 bridgehead atoms. The van der Waals surface area contributed by atoms with Crippen molar-refractivity contribution in [3.63, 3.8) is 0 Å². The highest BCUT2D eigenvalue weighted by atomic mass is 32.1. The first kappa shape index (κ1) is 19.8. The third-order valence-electron chi connectivity index (χ3n) is 4.18. The Morgan fingerprint density at radius 2 is 2.04 bits per heavy atom. The maximum Gasteiger partial charge on any atom is 0.407 e. The summed E-state index contributed by atoms with van der Waals surface area (Å²) in [6.45, 7) is 1.99. The van der Waals surface area contributed by atoms with E-state index in [-0.39, 0.29) is 25.7 Å². The number of carbonyl (C=O) groups excluding carboxylic acids is 2. The minimum atomic E-state index is -0.611. The largest absolute Gasteiger partial charge is 0.450 e. The fourth-order valence-corrected chi connectivity index (χ4v) is 3.67. The van der Waals surface area contributed by atoms with Crippen LogP contribution in [0, 0.1) is 0 Å². The molecule has 28 heavy (non-hydrogen) atoms. The lowest BCUT2D eigenvalue weighted by molar-refractivity contribution is -0.117. The van der Waals surface area contributed by atoms with Crippen molar-refractivity contribution in [2.24, 2.45) is 0 Å². The predicted octanol–water partition coefficient (Wildman–Crippen LogP) is 3.26. The van der Waals surface area contributed by atoms with Gasteiger partial charge in [0.25, 0.3) is 0 Å². The molecule has 0 aliphatic carbocycles. The molecule has 2 aromatic heterocycles. The fourth-order valence-electron chi connectivity index (χ4n) is 2.74. The molecule has 7 nitrogen and oxygen atoms in total. The van der Waals surface area contributed by atoms with E-state index in [0.717, 1.165) is 21.2 Å². The lowest BCUT2D eigenvalue weighted by Gasteiger charge is -2.17. The number of hydrogen-bond donors (Lipinski definition) is 3. The zero-order chi connectivity index (χ0) is 19.9. The summed E-state index contributed by atoms with van der Waals surface area (Å²) in [5.41, 5.74) is 1.48. The third-order valence-corrected chi connectivity index (χ3v) is 5.18. The molecule has 8 heteroatoms. The quantitative estimate of drug-likeness (QED) is 0.566. The molecule has 0 saturated heterocycles. The van der Waals surface area contributed by atoms with Crippen LogP contribution in [0.25, 0.3) is 10.1 Å². The van der Waals surface area contributed by atoms with Crippen molar-refractivity contribution < 1.29 is 19.4 Å². The molecular formula is C20H21N3O4S. The molecule has 0 fully saturated rings. The number of aliphatic hydroxyl groups excluding tert-OH is 1. The van der Waals surface area contributed by atoms with Crippen molar-refractivity contribution >= 4 is 38.4 Å². The van der Waals surface area contributed by atoms with Gasteiger partial charge in [0.2, 0.25) is 5.91 Å². The lowest BCUT2D eigenvalue weighted by atomic mass is 9.97. The van der Waals surface area contributed by atoms with E-state index in [0.29, 0.717) is 5.00 Å². The Labute approximate surface area is 166 Å². The number of rotatable bonds is 7. The molecule has 0 aliphatic rings. The van der Waals surface area contributed by atoms with Crippen molar-refractivity contribution in [3.05, 3.63) is 59.9 Å². The number of carbonyl (C=O) groups is 2. The minimum Gasteiger partial charge on any atom is -0.450 e.